The second-order valence-electron chi connectivity index (χ2n) is 4.11. The number of hydrogen-bond acceptors (Lipinski definition) is 2. The van der Waals surface area contributed by atoms with E-state index in [1.165, 1.54) is 29.8 Å². The van der Waals surface area contributed by atoms with Gasteiger partial charge in [-0.05, 0) is 25.0 Å². The van der Waals surface area contributed by atoms with E-state index >= 15 is 0 Å². The van der Waals surface area contributed by atoms with Crippen LogP contribution in [0, 0.1) is 0 Å². The molecule has 0 atom stereocenters. The smallest absolute Gasteiger partial charge is 0.0563 e. The second kappa shape index (κ2) is 3.07. The molecule has 1 heterocycles. The quantitative estimate of drug-likeness (QED) is 0.721. The van der Waals surface area contributed by atoms with E-state index in [1.807, 2.05) is 23.9 Å². The van der Waals surface area contributed by atoms with E-state index in [2.05, 4.69) is 11.4 Å². The number of halogens is 1. The van der Waals surface area contributed by atoms with Crippen LogP contribution in [0.5, 0.6) is 0 Å². The molecule has 0 bridgehead atoms. The normalized spacial score (nSPS) is 22.4. The maximum absolute atomic E-state index is 6.19. The SMILES string of the molecule is Clc1cccc2c1SC1(CCC1)CN2. The average Bonchev–Trinajstić information content (AvgIpc) is 2.16. The Bertz CT molecular complexity index is 374. The van der Waals surface area contributed by atoms with E-state index in [-0.39, 0.29) is 0 Å². The molecule has 0 unspecified atom stereocenters. The highest BCUT2D eigenvalue weighted by atomic mass is 35.5. The Morgan fingerprint density at radius 2 is 2.21 bits per heavy atom. The van der Waals surface area contributed by atoms with Crippen LogP contribution in [0.4, 0.5) is 5.69 Å². The summed E-state index contributed by atoms with van der Waals surface area (Å²) in [5.41, 5.74) is 1.21. The van der Waals surface area contributed by atoms with Gasteiger partial charge in [0.05, 0.1) is 5.02 Å². The van der Waals surface area contributed by atoms with Crippen LogP contribution in [0.25, 0.3) is 0 Å². The van der Waals surface area contributed by atoms with Crippen molar-refractivity contribution in [3.8, 4) is 0 Å². The van der Waals surface area contributed by atoms with Crippen LogP contribution in [-0.2, 0) is 0 Å². The average molecular weight is 226 g/mol. The van der Waals surface area contributed by atoms with Gasteiger partial charge in [-0.2, -0.15) is 0 Å². The molecule has 1 aromatic carbocycles. The van der Waals surface area contributed by atoms with Crippen LogP contribution in [0.3, 0.4) is 0 Å². The molecule has 1 saturated carbocycles. The monoisotopic (exact) mass is 225 g/mol. The highest BCUT2D eigenvalue weighted by molar-refractivity contribution is 8.01. The molecule has 1 fully saturated rings. The minimum Gasteiger partial charge on any atom is -0.383 e. The minimum absolute atomic E-state index is 0.456. The van der Waals surface area contributed by atoms with Crippen molar-refractivity contribution >= 4 is 29.1 Å². The lowest BCUT2D eigenvalue weighted by atomic mass is 9.84. The molecule has 1 aliphatic heterocycles. The van der Waals surface area contributed by atoms with Crippen molar-refractivity contribution in [3.05, 3.63) is 23.2 Å². The molecule has 3 rings (SSSR count). The van der Waals surface area contributed by atoms with Crippen LogP contribution in [-0.4, -0.2) is 11.3 Å². The van der Waals surface area contributed by atoms with Gasteiger partial charge in [-0.15, -0.1) is 11.8 Å². The number of rotatable bonds is 0. The van der Waals surface area contributed by atoms with Gasteiger partial charge in [-0.1, -0.05) is 24.1 Å². The summed E-state index contributed by atoms with van der Waals surface area (Å²) in [6, 6.07) is 6.10. The van der Waals surface area contributed by atoms with Crippen molar-refractivity contribution in [3.63, 3.8) is 0 Å². The predicted molar refractivity (Wildman–Crippen MR) is 62.4 cm³/mol. The second-order valence-corrected chi connectivity index (χ2v) is 5.99. The minimum atomic E-state index is 0.456. The first-order chi connectivity index (χ1) is 6.79. The Morgan fingerprint density at radius 3 is 2.93 bits per heavy atom. The fourth-order valence-corrected chi connectivity index (χ4v) is 3.89. The standard InChI is InChI=1S/C11H12ClNS/c12-8-3-1-4-9-10(8)14-11(7-13-9)5-2-6-11/h1,3-4,13H,2,5-7H2. The van der Waals surface area contributed by atoms with Crippen LogP contribution < -0.4 is 5.32 Å². The summed E-state index contributed by atoms with van der Waals surface area (Å²) in [6.07, 6.45) is 4.03. The van der Waals surface area contributed by atoms with Crippen LogP contribution in [0.15, 0.2) is 23.1 Å². The lowest BCUT2D eigenvalue weighted by Crippen LogP contribution is -2.42. The van der Waals surface area contributed by atoms with Gasteiger partial charge in [-0.3, -0.25) is 0 Å². The van der Waals surface area contributed by atoms with E-state index in [4.69, 9.17) is 11.6 Å². The Balaban J connectivity index is 2.00. The number of thioether (sulfide) groups is 1. The zero-order valence-corrected chi connectivity index (χ0v) is 9.42. The van der Waals surface area contributed by atoms with Crippen molar-refractivity contribution < 1.29 is 0 Å². The summed E-state index contributed by atoms with van der Waals surface area (Å²) >= 11 is 8.17. The first kappa shape index (κ1) is 8.93. The molecule has 1 spiro atoms. The van der Waals surface area contributed by atoms with Gasteiger partial charge >= 0.3 is 0 Å². The molecule has 1 aromatic rings. The highest BCUT2D eigenvalue weighted by Gasteiger charge is 2.41. The third kappa shape index (κ3) is 1.24. The maximum atomic E-state index is 6.19. The summed E-state index contributed by atoms with van der Waals surface area (Å²) in [7, 11) is 0. The molecule has 1 N–H and O–H groups in total. The molecule has 0 amide bonds. The van der Waals surface area contributed by atoms with Gasteiger partial charge in [0, 0.05) is 21.9 Å². The lowest BCUT2D eigenvalue weighted by molar-refractivity contribution is 0.376. The summed E-state index contributed by atoms with van der Waals surface area (Å²) in [6.45, 7) is 1.10. The molecule has 1 nitrogen and oxygen atoms in total. The van der Waals surface area contributed by atoms with E-state index in [9.17, 15) is 0 Å². The molecule has 0 saturated heterocycles. The first-order valence-corrected chi connectivity index (χ1v) is 6.20. The highest BCUT2D eigenvalue weighted by Crippen LogP contribution is 2.53. The number of nitrogens with one attached hydrogen (secondary N) is 1. The number of fused-ring (bicyclic) bond motifs is 1. The van der Waals surface area contributed by atoms with Gasteiger partial charge in [0.15, 0.2) is 0 Å². The Hall–Kier alpha value is -0.340. The van der Waals surface area contributed by atoms with Crippen molar-refractivity contribution in [1.82, 2.24) is 0 Å². The number of hydrogen-bond donors (Lipinski definition) is 1. The number of anilines is 1. The zero-order chi connectivity index (χ0) is 9.60. The topological polar surface area (TPSA) is 12.0 Å². The van der Waals surface area contributed by atoms with Gasteiger partial charge in [0.25, 0.3) is 0 Å². The van der Waals surface area contributed by atoms with E-state index in [0.29, 0.717) is 4.75 Å². The predicted octanol–water partition coefficient (Wildman–Crippen LogP) is 3.78. The van der Waals surface area contributed by atoms with E-state index in [0.717, 1.165) is 11.6 Å². The molecule has 74 valence electrons. The van der Waals surface area contributed by atoms with Gasteiger partial charge in [0.2, 0.25) is 0 Å². The maximum Gasteiger partial charge on any atom is 0.0563 e. The third-order valence-corrected chi connectivity index (χ3v) is 5.21. The van der Waals surface area contributed by atoms with Crippen molar-refractivity contribution in [2.24, 2.45) is 0 Å². The Kier molecular flexibility index (Phi) is 1.96. The summed E-state index contributed by atoms with van der Waals surface area (Å²) in [5, 5.41) is 4.39. The number of benzene rings is 1. The summed E-state index contributed by atoms with van der Waals surface area (Å²) in [4.78, 5) is 1.25. The van der Waals surface area contributed by atoms with Crippen molar-refractivity contribution in [2.75, 3.05) is 11.9 Å². The van der Waals surface area contributed by atoms with Crippen molar-refractivity contribution in [2.45, 2.75) is 28.9 Å². The van der Waals surface area contributed by atoms with E-state index < -0.39 is 0 Å². The fourth-order valence-electron chi connectivity index (χ4n) is 2.11. The van der Waals surface area contributed by atoms with Gasteiger partial charge in [0.1, 0.15) is 0 Å². The summed E-state index contributed by atoms with van der Waals surface area (Å²) < 4.78 is 0.456. The Morgan fingerprint density at radius 1 is 1.36 bits per heavy atom. The molecule has 0 radical (unpaired) electrons. The molecular weight excluding hydrogens is 214 g/mol. The van der Waals surface area contributed by atoms with Crippen LogP contribution >= 0.6 is 23.4 Å². The molecule has 2 aliphatic rings. The Labute approximate surface area is 93.2 Å². The van der Waals surface area contributed by atoms with Gasteiger partial charge < -0.3 is 5.32 Å². The third-order valence-electron chi connectivity index (χ3n) is 3.15. The molecular formula is C11H12ClNS. The van der Waals surface area contributed by atoms with E-state index in [1.54, 1.807) is 0 Å². The molecule has 0 aromatic heterocycles. The largest absolute Gasteiger partial charge is 0.383 e. The molecule has 1 aliphatic carbocycles. The van der Waals surface area contributed by atoms with Crippen LogP contribution in [0.1, 0.15) is 19.3 Å². The van der Waals surface area contributed by atoms with Gasteiger partial charge in [-0.25, -0.2) is 0 Å². The van der Waals surface area contributed by atoms with Crippen LogP contribution in [0.2, 0.25) is 5.02 Å². The fraction of sp³-hybridized carbons (Fsp3) is 0.455. The zero-order valence-electron chi connectivity index (χ0n) is 7.85. The summed E-state index contributed by atoms with van der Waals surface area (Å²) in [5.74, 6) is 0. The molecule has 3 heteroatoms. The molecule has 14 heavy (non-hydrogen) atoms. The first-order valence-electron chi connectivity index (χ1n) is 5.01. The van der Waals surface area contributed by atoms with Crippen molar-refractivity contribution in [1.29, 1.82) is 0 Å². The lowest BCUT2D eigenvalue weighted by Gasteiger charge is -2.45.